The Kier molecular flexibility index (Phi) is 3.39. The van der Waals surface area contributed by atoms with Crippen molar-refractivity contribution in [2.24, 2.45) is 0 Å². The molecule has 2 heterocycles. The van der Waals surface area contributed by atoms with Crippen LogP contribution in [0.15, 0.2) is 69.7 Å². The third kappa shape index (κ3) is 2.67. The minimum absolute atomic E-state index is 0.262. The topological polar surface area (TPSA) is 68.3 Å². The number of aryl methyl sites for hydroxylation is 1. The lowest BCUT2D eigenvalue weighted by Crippen LogP contribution is -2.10. The van der Waals surface area contributed by atoms with Gasteiger partial charge in [0.05, 0.1) is 6.26 Å². The van der Waals surface area contributed by atoms with Gasteiger partial charge in [-0.25, -0.2) is 4.98 Å². The normalized spacial score (nSPS) is 10.9. The van der Waals surface area contributed by atoms with E-state index >= 15 is 0 Å². The van der Waals surface area contributed by atoms with Crippen LogP contribution in [0.5, 0.6) is 0 Å². The van der Waals surface area contributed by atoms with Crippen LogP contribution >= 0.6 is 0 Å². The number of furan rings is 1. The van der Waals surface area contributed by atoms with Gasteiger partial charge >= 0.3 is 0 Å². The predicted molar refractivity (Wildman–Crippen MR) is 90.8 cm³/mol. The number of anilines is 1. The highest BCUT2D eigenvalue weighted by Crippen LogP contribution is 2.26. The van der Waals surface area contributed by atoms with Crippen LogP contribution in [0.4, 0.5) is 5.69 Å². The molecular formula is C19H14N2O3. The summed E-state index contributed by atoms with van der Waals surface area (Å²) in [4.78, 5) is 16.6. The molecule has 0 unspecified atom stereocenters. The van der Waals surface area contributed by atoms with Gasteiger partial charge in [0.15, 0.2) is 11.3 Å². The quantitative estimate of drug-likeness (QED) is 0.597. The highest BCUT2D eigenvalue weighted by atomic mass is 16.3. The number of hydrogen-bond acceptors (Lipinski definition) is 4. The largest absolute Gasteiger partial charge is 0.459 e. The number of nitrogens with one attached hydrogen (secondary N) is 1. The van der Waals surface area contributed by atoms with E-state index in [2.05, 4.69) is 10.3 Å². The molecule has 0 radical (unpaired) electrons. The van der Waals surface area contributed by atoms with Gasteiger partial charge in [-0.2, -0.15) is 0 Å². The second-order valence-electron chi connectivity index (χ2n) is 5.50. The third-order valence-corrected chi connectivity index (χ3v) is 3.66. The molecule has 1 N–H and O–H groups in total. The minimum Gasteiger partial charge on any atom is -0.459 e. The van der Waals surface area contributed by atoms with Crippen molar-refractivity contribution < 1.29 is 13.6 Å². The van der Waals surface area contributed by atoms with Crippen molar-refractivity contribution in [2.75, 3.05) is 5.32 Å². The minimum atomic E-state index is -0.301. The molecule has 0 aliphatic rings. The number of amides is 1. The molecule has 118 valence electrons. The van der Waals surface area contributed by atoms with E-state index in [0.717, 1.165) is 22.2 Å². The van der Waals surface area contributed by atoms with E-state index in [-0.39, 0.29) is 11.7 Å². The Morgan fingerprint density at radius 1 is 1.08 bits per heavy atom. The fourth-order valence-corrected chi connectivity index (χ4v) is 2.49. The number of rotatable bonds is 3. The Morgan fingerprint density at radius 3 is 2.83 bits per heavy atom. The molecule has 0 fully saturated rings. The number of carbonyl (C=O) groups excluding carboxylic acids is 1. The van der Waals surface area contributed by atoms with E-state index in [1.165, 1.54) is 6.26 Å². The van der Waals surface area contributed by atoms with Crippen molar-refractivity contribution >= 4 is 22.7 Å². The van der Waals surface area contributed by atoms with Gasteiger partial charge in [-0.1, -0.05) is 12.1 Å². The van der Waals surface area contributed by atoms with Crippen molar-refractivity contribution in [3.8, 4) is 11.5 Å². The van der Waals surface area contributed by atoms with E-state index in [1.54, 1.807) is 18.2 Å². The Bertz CT molecular complexity index is 1020. The molecule has 4 aromatic rings. The Balaban J connectivity index is 1.65. The van der Waals surface area contributed by atoms with Gasteiger partial charge in [-0.15, -0.1) is 0 Å². The molecule has 0 saturated heterocycles. The van der Waals surface area contributed by atoms with Gasteiger partial charge in [-0.05, 0) is 55.0 Å². The number of oxazole rings is 1. The smallest absolute Gasteiger partial charge is 0.291 e. The Labute approximate surface area is 137 Å². The lowest BCUT2D eigenvalue weighted by molar-refractivity contribution is 0.0996. The van der Waals surface area contributed by atoms with Crippen LogP contribution in [0, 0.1) is 6.92 Å². The van der Waals surface area contributed by atoms with Crippen molar-refractivity contribution in [3.63, 3.8) is 0 Å². The summed E-state index contributed by atoms with van der Waals surface area (Å²) < 4.78 is 10.9. The van der Waals surface area contributed by atoms with Gasteiger partial charge in [-0.3, -0.25) is 4.79 Å². The summed E-state index contributed by atoms with van der Waals surface area (Å²) >= 11 is 0. The zero-order chi connectivity index (χ0) is 16.5. The number of nitrogens with zero attached hydrogens (tertiary/aromatic N) is 1. The lowest BCUT2D eigenvalue weighted by Gasteiger charge is -2.04. The molecule has 2 aromatic carbocycles. The van der Waals surface area contributed by atoms with Crippen LogP contribution in [0.1, 0.15) is 16.1 Å². The van der Waals surface area contributed by atoms with Gasteiger partial charge < -0.3 is 14.2 Å². The first-order valence-electron chi connectivity index (χ1n) is 7.51. The van der Waals surface area contributed by atoms with Gasteiger partial charge in [0, 0.05) is 11.3 Å². The highest BCUT2D eigenvalue weighted by molar-refractivity contribution is 6.02. The van der Waals surface area contributed by atoms with Crippen molar-refractivity contribution in [2.45, 2.75) is 6.92 Å². The van der Waals surface area contributed by atoms with Gasteiger partial charge in [0.2, 0.25) is 5.89 Å². The van der Waals surface area contributed by atoms with E-state index < -0.39 is 0 Å². The van der Waals surface area contributed by atoms with Crippen LogP contribution < -0.4 is 5.32 Å². The molecule has 5 nitrogen and oxygen atoms in total. The molecule has 0 aliphatic heterocycles. The van der Waals surface area contributed by atoms with E-state index in [1.807, 2.05) is 43.3 Å². The van der Waals surface area contributed by atoms with E-state index in [4.69, 9.17) is 8.83 Å². The first kappa shape index (κ1) is 14.3. The third-order valence-electron chi connectivity index (χ3n) is 3.66. The molecule has 0 aliphatic carbocycles. The number of fused-ring (bicyclic) bond motifs is 1. The molecular weight excluding hydrogens is 304 g/mol. The van der Waals surface area contributed by atoms with Crippen molar-refractivity contribution in [3.05, 3.63) is 72.2 Å². The maximum absolute atomic E-state index is 12.1. The van der Waals surface area contributed by atoms with Crippen molar-refractivity contribution in [1.82, 2.24) is 4.98 Å². The zero-order valence-electron chi connectivity index (χ0n) is 12.9. The maximum atomic E-state index is 12.1. The number of hydrogen-bond donors (Lipinski definition) is 1. The van der Waals surface area contributed by atoms with Gasteiger partial charge in [0.1, 0.15) is 5.52 Å². The lowest BCUT2D eigenvalue weighted by atomic mass is 10.2. The summed E-state index contributed by atoms with van der Waals surface area (Å²) in [5.74, 6) is 0.479. The van der Waals surface area contributed by atoms with E-state index in [9.17, 15) is 4.79 Å². The number of aromatic nitrogens is 1. The Hall–Kier alpha value is -3.34. The second kappa shape index (κ2) is 5.70. The van der Waals surface area contributed by atoms with Crippen molar-refractivity contribution in [1.29, 1.82) is 0 Å². The number of benzene rings is 2. The molecule has 0 atom stereocenters. The second-order valence-corrected chi connectivity index (χ2v) is 5.50. The van der Waals surface area contributed by atoms with Crippen LogP contribution in [0.3, 0.4) is 0 Å². The standard InChI is InChI=1S/C19H14N2O3/c1-12-7-8-15-17(10-12)24-19(21-15)13-4-2-5-14(11-13)20-18(22)16-6-3-9-23-16/h2-11H,1H3,(H,20,22). The molecule has 4 rings (SSSR count). The predicted octanol–water partition coefficient (Wildman–Crippen LogP) is 4.65. The summed E-state index contributed by atoms with van der Waals surface area (Å²) in [6.07, 6.45) is 1.46. The summed E-state index contributed by atoms with van der Waals surface area (Å²) in [5.41, 5.74) is 4.11. The molecule has 5 heteroatoms. The summed E-state index contributed by atoms with van der Waals surface area (Å²) in [7, 11) is 0. The average Bonchev–Trinajstić information content (AvgIpc) is 3.24. The first-order valence-corrected chi connectivity index (χ1v) is 7.51. The molecule has 2 aromatic heterocycles. The maximum Gasteiger partial charge on any atom is 0.291 e. The molecule has 0 spiro atoms. The van der Waals surface area contributed by atoms with Crippen LogP contribution in [-0.2, 0) is 0 Å². The zero-order valence-corrected chi connectivity index (χ0v) is 12.9. The summed E-state index contributed by atoms with van der Waals surface area (Å²) in [5, 5.41) is 2.80. The Morgan fingerprint density at radius 2 is 2.00 bits per heavy atom. The molecule has 24 heavy (non-hydrogen) atoms. The fraction of sp³-hybridized carbons (Fsp3) is 0.0526. The van der Waals surface area contributed by atoms with Crippen LogP contribution in [-0.4, -0.2) is 10.9 Å². The highest BCUT2D eigenvalue weighted by Gasteiger charge is 2.12. The molecule has 0 bridgehead atoms. The van der Waals surface area contributed by atoms with Gasteiger partial charge in [0.25, 0.3) is 5.91 Å². The summed E-state index contributed by atoms with van der Waals surface area (Å²) in [6, 6.07) is 16.5. The SMILES string of the molecule is Cc1ccc2nc(-c3cccc(NC(=O)c4ccco4)c3)oc2c1. The first-order chi connectivity index (χ1) is 11.7. The van der Waals surface area contributed by atoms with E-state index in [0.29, 0.717) is 11.6 Å². The number of carbonyl (C=O) groups is 1. The van der Waals surface area contributed by atoms with Crippen LogP contribution in [0.25, 0.3) is 22.6 Å². The fourth-order valence-electron chi connectivity index (χ4n) is 2.49. The van der Waals surface area contributed by atoms with Crippen LogP contribution in [0.2, 0.25) is 0 Å². The molecule has 0 saturated carbocycles. The average molecular weight is 318 g/mol. The summed E-state index contributed by atoms with van der Waals surface area (Å²) in [6.45, 7) is 2.01. The molecule has 1 amide bonds. The monoisotopic (exact) mass is 318 g/mol.